The van der Waals surface area contributed by atoms with Crippen LogP contribution in [0, 0.1) is 0 Å². The molecule has 3 saturated heterocycles. The third-order valence-corrected chi connectivity index (χ3v) is 8.99. The first-order chi connectivity index (χ1) is 18.8. The molecule has 0 aromatic heterocycles. The SMILES string of the molecule is NC1CCN(c2ccc(CN3CCC(O)(c4ccc5c(c4)CN(C4CCC(=O)NC4=O)C5=O)CC3)cc2)CC1. The minimum Gasteiger partial charge on any atom is -0.385 e. The minimum absolute atomic E-state index is 0.192. The van der Waals surface area contributed by atoms with Gasteiger partial charge in [-0.3, -0.25) is 24.6 Å². The number of nitrogens with two attached hydrogens (primary N) is 1. The van der Waals surface area contributed by atoms with E-state index in [0.717, 1.165) is 56.7 Å². The first-order valence-electron chi connectivity index (χ1n) is 14.1. The molecule has 4 aliphatic heterocycles. The molecule has 4 heterocycles. The molecule has 0 aliphatic carbocycles. The van der Waals surface area contributed by atoms with Crippen molar-refractivity contribution in [1.82, 2.24) is 15.1 Å². The number of nitrogens with one attached hydrogen (secondary N) is 1. The van der Waals surface area contributed by atoms with Gasteiger partial charge in [-0.2, -0.15) is 0 Å². The molecule has 4 aliphatic rings. The van der Waals surface area contributed by atoms with Gasteiger partial charge in [0.05, 0.1) is 5.60 Å². The Morgan fingerprint density at radius 3 is 2.36 bits per heavy atom. The summed E-state index contributed by atoms with van der Waals surface area (Å²) in [7, 11) is 0. The molecule has 9 nitrogen and oxygen atoms in total. The van der Waals surface area contributed by atoms with E-state index in [1.165, 1.54) is 11.3 Å². The summed E-state index contributed by atoms with van der Waals surface area (Å²) in [6.07, 6.45) is 3.88. The highest BCUT2D eigenvalue weighted by molar-refractivity contribution is 6.05. The van der Waals surface area contributed by atoms with Gasteiger partial charge in [0.1, 0.15) is 6.04 Å². The van der Waals surface area contributed by atoms with E-state index in [1.807, 2.05) is 12.1 Å². The van der Waals surface area contributed by atoms with Crippen molar-refractivity contribution >= 4 is 23.4 Å². The number of piperidine rings is 3. The van der Waals surface area contributed by atoms with Gasteiger partial charge in [0.25, 0.3) is 5.91 Å². The number of fused-ring (bicyclic) bond motifs is 1. The van der Waals surface area contributed by atoms with Crippen LogP contribution in [0.25, 0.3) is 0 Å². The van der Waals surface area contributed by atoms with Crippen LogP contribution >= 0.6 is 0 Å². The van der Waals surface area contributed by atoms with Crippen molar-refractivity contribution < 1.29 is 19.5 Å². The van der Waals surface area contributed by atoms with Gasteiger partial charge >= 0.3 is 0 Å². The number of nitrogens with zero attached hydrogens (tertiary/aromatic N) is 3. The Labute approximate surface area is 228 Å². The smallest absolute Gasteiger partial charge is 0.255 e. The molecule has 3 fully saturated rings. The lowest BCUT2D eigenvalue weighted by Crippen LogP contribution is -2.52. The Morgan fingerprint density at radius 2 is 1.67 bits per heavy atom. The standard InChI is InChI=1S/C30H37N5O4/c31-23-9-13-34(14-10-23)24-4-1-20(2-5-24)18-33-15-11-30(39,12-16-33)22-3-6-25-21(17-22)19-35(29(25)38)26-7-8-27(36)32-28(26)37/h1-6,17,23,26,39H,7-16,18-19,31H2,(H,32,36,37). The van der Waals surface area contributed by atoms with Crippen LogP contribution in [-0.4, -0.2) is 70.9 Å². The Hall–Kier alpha value is -3.27. The van der Waals surface area contributed by atoms with E-state index in [0.29, 0.717) is 37.4 Å². The minimum atomic E-state index is -0.949. The highest BCUT2D eigenvalue weighted by Gasteiger charge is 2.40. The van der Waals surface area contributed by atoms with Crippen LogP contribution in [0.4, 0.5) is 5.69 Å². The van der Waals surface area contributed by atoms with Gasteiger partial charge in [-0.15, -0.1) is 0 Å². The van der Waals surface area contributed by atoms with Crippen LogP contribution in [-0.2, 0) is 28.3 Å². The number of anilines is 1. The number of amides is 3. The monoisotopic (exact) mass is 531 g/mol. The van der Waals surface area contributed by atoms with Crippen molar-refractivity contribution in [3.63, 3.8) is 0 Å². The van der Waals surface area contributed by atoms with E-state index in [-0.39, 0.29) is 18.2 Å². The summed E-state index contributed by atoms with van der Waals surface area (Å²) in [5.74, 6) is -0.899. The van der Waals surface area contributed by atoms with E-state index in [2.05, 4.69) is 39.4 Å². The molecule has 206 valence electrons. The van der Waals surface area contributed by atoms with Crippen molar-refractivity contribution in [1.29, 1.82) is 0 Å². The molecule has 1 atom stereocenters. The Kier molecular flexibility index (Phi) is 6.91. The van der Waals surface area contributed by atoms with Crippen LogP contribution < -0.4 is 16.0 Å². The maximum atomic E-state index is 13.0. The van der Waals surface area contributed by atoms with Crippen LogP contribution in [0.15, 0.2) is 42.5 Å². The van der Waals surface area contributed by atoms with Crippen molar-refractivity contribution in [2.24, 2.45) is 5.73 Å². The number of hydrogen-bond acceptors (Lipinski definition) is 7. The van der Waals surface area contributed by atoms with Crippen molar-refractivity contribution in [3.05, 3.63) is 64.7 Å². The molecule has 2 aromatic rings. The van der Waals surface area contributed by atoms with E-state index in [4.69, 9.17) is 5.73 Å². The van der Waals surface area contributed by atoms with Gasteiger partial charge in [-0.25, -0.2) is 0 Å². The molecule has 39 heavy (non-hydrogen) atoms. The highest BCUT2D eigenvalue weighted by Crippen LogP contribution is 2.37. The predicted molar refractivity (Wildman–Crippen MR) is 147 cm³/mol. The van der Waals surface area contributed by atoms with Crippen LogP contribution in [0.5, 0.6) is 0 Å². The quantitative estimate of drug-likeness (QED) is 0.504. The molecule has 0 radical (unpaired) electrons. The summed E-state index contributed by atoms with van der Waals surface area (Å²) in [6, 6.07) is 14.1. The number of likely N-dealkylation sites (tertiary alicyclic amines) is 1. The predicted octanol–water partition coefficient (Wildman–Crippen LogP) is 1.86. The highest BCUT2D eigenvalue weighted by atomic mass is 16.3. The molecular formula is C30H37N5O4. The number of rotatable bonds is 5. The lowest BCUT2D eigenvalue weighted by molar-refractivity contribution is -0.136. The average molecular weight is 532 g/mol. The van der Waals surface area contributed by atoms with Gasteiger partial charge < -0.3 is 20.6 Å². The third kappa shape index (κ3) is 5.18. The summed E-state index contributed by atoms with van der Waals surface area (Å²) in [5.41, 5.74) is 9.84. The van der Waals surface area contributed by atoms with Crippen LogP contribution in [0.2, 0.25) is 0 Å². The van der Waals surface area contributed by atoms with E-state index < -0.39 is 17.6 Å². The van der Waals surface area contributed by atoms with Crippen LogP contribution in [0.1, 0.15) is 65.6 Å². The average Bonchev–Trinajstić information content (AvgIpc) is 3.26. The zero-order valence-corrected chi connectivity index (χ0v) is 22.3. The number of carbonyl (C=O) groups excluding carboxylic acids is 3. The summed E-state index contributed by atoms with van der Waals surface area (Å²) < 4.78 is 0. The fourth-order valence-corrected chi connectivity index (χ4v) is 6.46. The number of benzene rings is 2. The van der Waals surface area contributed by atoms with Crippen molar-refractivity contribution in [2.75, 3.05) is 31.1 Å². The molecule has 0 spiro atoms. The van der Waals surface area contributed by atoms with Gasteiger partial charge in [-0.1, -0.05) is 24.3 Å². The van der Waals surface area contributed by atoms with Crippen LogP contribution in [0.3, 0.4) is 0 Å². The van der Waals surface area contributed by atoms with Crippen molar-refractivity contribution in [3.8, 4) is 0 Å². The first kappa shape index (κ1) is 26.0. The lowest BCUT2D eigenvalue weighted by atomic mass is 9.83. The maximum absolute atomic E-state index is 13.0. The Bertz CT molecular complexity index is 1260. The zero-order chi connectivity index (χ0) is 27.1. The normalized spacial score (nSPS) is 24.2. The van der Waals surface area contributed by atoms with E-state index in [9.17, 15) is 19.5 Å². The molecule has 3 amide bonds. The van der Waals surface area contributed by atoms with Gasteiger partial charge in [0.15, 0.2) is 0 Å². The Balaban J connectivity index is 1.06. The van der Waals surface area contributed by atoms with Gasteiger partial charge in [-0.05, 0) is 67.0 Å². The fourth-order valence-electron chi connectivity index (χ4n) is 6.46. The number of carbonyl (C=O) groups is 3. The lowest BCUT2D eigenvalue weighted by Gasteiger charge is -2.39. The molecular weight excluding hydrogens is 494 g/mol. The molecule has 0 saturated carbocycles. The molecule has 4 N–H and O–H groups in total. The largest absolute Gasteiger partial charge is 0.385 e. The number of imide groups is 1. The molecule has 2 aromatic carbocycles. The molecule has 6 rings (SSSR count). The topological polar surface area (TPSA) is 119 Å². The van der Waals surface area contributed by atoms with E-state index >= 15 is 0 Å². The second-order valence-electron chi connectivity index (χ2n) is 11.6. The van der Waals surface area contributed by atoms with Crippen molar-refractivity contribution in [2.45, 2.75) is 69.3 Å². The molecule has 0 bridgehead atoms. The summed E-state index contributed by atoms with van der Waals surface area (Å²) >= 11 is 0. The zero-order valence-electron chi connectivity index (χ0n) is 22.3. The Morgan fingerprint density at radius 1 is 0.949 bits per heavy atom. The summed E-state index contributed by atoms with van der Waals surface area (Å²) in [5, 5.41) is 13.9. The second-order valence-corrected chi connectivity index (χ2v) is 11.6. The summed E-state index contributed by atoms with van der Waals surface area (Å²) in [4.78, 5) is 43.2. The van der Waals surface area contributed by atoms with Gasteiger partial charge in [0, 0.05) is 63.0 Å². The number of hydrogen-bond donors (Lipinski definition) is 3. The summed E-state index contributed by atoms with van der Waals surface area (Å²) in [6.45, 7) is 4.74. The second kappa shape index (κ2) is 10.4. The molecule has 1 unspecified atom stereocenters. The number of aliphatic hydroxyl groups is 1. The maximum Gasteiger partial charge on any atom is 0.255 e. The van der Waals surface area contributed by atoms with Gasteiger partial charge in [0.2, 0.25) is 11.8 Å². The van der Waals surface area contributed by atoms with E-state index in [1.54, 1.807) is 11.0 Å². The third-order valence-electron chi connectivity index (χ3n) is 8.99. The fraction of sp³-hybridized carbons (Fsp3) is 0.500. The molecule has 9 heteroatoms. The first-order valence-corrected chi connectivity index (χ1v) is 14.1.